The molecule has 0 aromatic carbocycles. The largest absolute Gasteiger partial charge is 0.341 e. The van der Waals surface area contributed by atoms with Gasteiger partial charge in [-0.05, 0) is 6.92 Å². The Morgan fingerprint density at radius 1 is 1.11 bits per heavy atom. The third kappa shape index (κ3) is 2.44. The molecule has 0 aliphatic carbocycles. The van der Waals surface area contributed by atoms with Crippen molar-refractivity contribution in [2.24, 2.45) is 0 Å². The second-order valence-electron chi connectivity index (χ2n) is 3.35. The zero-order chi connectivity index (χ0) is 13.9. The van der Waals surface area contributed by atoms with E-state index in [1.54, 1.807) is 0 Å². The van der Waals surface area contributed by atoms with Gasteiger partial charge in [0.2, 0.25) is 5.91 Å². The van der Waals surface area contributed by atoms with Crippen LogP contribution in [0.5, 0.6) is 0 Å². The monoisotopic (exact) mass is 256 g/mol. The summed E-state index contributed by atoms with van der Waals surface area (Å²) in [5.74, 6) is -2.91. The van der Waals surface area contributed by atoms with Crippen LogP contribution in [0.25, 0.3) is 0 Å². The van der Waals surface area contributed by atoms with Crippen LogP contribution in [0.4, 0.5) is 9.59 Å². The summed E-state index contributed by atoms with van der Waals surface area (Å²) in [6.07, 6.45) is 0. The standard InChI is InChI=1S/C9H12N4O5/c1-3-12-6(15)7(16)13(9(12)18)4-5(14)11-8(17)10-2/h3-4H2,1-2H3,(H2,10,11,14,17). The van der Waals surface area contributed by atoms with Gasteiger partial charge < -0.3 is 5.32 Å². The highest BCUT2D eigenvalue weighted by Crippen LogP contribution is 2.10. The van der Waals surface area contributed by atoms with E-state index in [0.29, 0.717) is 4.90 Å². The summed E-state index contributed by atoms with van der Waals surface area (Å²) in [6.45, 7) is 0.890. The molecular weight excluding hydrogens is 244 g/mol. The van der Waals surface area contributed by atoms with E-state index < -0.39 is 36.3 Å². The van der Waals surface area contributed by atoms with E-state index in [0.717, 1.165) is 4.90 Å². The highest BCUT2D eigenvalue weighted by molar-refractivity contribution is 6.45. The molecule has 0 atom stereocenters. The molecule has 0 aromatic rings. The number of nitrogens with one attached hydrogen (secondary N) is 2. The number of hydrogen-bond acceptors (Lipinski definition) is 5. The van der Waals surface area contributed by atoms with Crippen LogP contribution in [0, 0.1) is 0 Å². The molecule has 0 radical (unpaired) electrons. The quantitative estimate of drug-likeness (QED) is 0.459. The van der Waals surface area contributed by atoms with E-state index in [9.17, 15) is 24.0 Å². The molecule has 0 aromatic heterocycles. The summed E-state index contributed by atoms with van der Waals surface area (Å²) >= 11 is 0. The van der Waals surface area contributed by atoms with Gasteiger partial charge in [-0.3, -0.25) is 24.6 Å². The fourth-order valence-corrected chi connectivity index (χ4v) is 1.34. The Kier molecular flexibility index (Phi) is 3.97. The van der Waals surface area contributed by atoms with E-state index in [-0.39, 0.29) is 6.54 Å². The van der Waals surface area contributed by atoms with Gasteiger partial charge in [0.15, 0.2) is 0 Å². The molecule has 7 amide bonds. The van der Waals surface area contributed by atoms with Crippen LogP contribution in [-0.2, 0) is 14.4 Å². The number of carbonyl (C=O) groups is 5. The minimum Gasteiger partial charge on any atom is -0.341 e. The minimum atomic E-state index is -1.08. The SMILES string of the molecule is CCN1C(=O)C(=O)N(CC(=O)NC(=O)NC)C1=O. The Bertz CT molecular complexity index is 433. The molecule has 9 nitrogen and oxygen atoms in total. The Hall–Kier alpha value is -2.45. The lowest BCUT2D eigenvalue weighted by Crippen LogP contribution is -2.45. The Labute approximate surface area is 102 Å². The van der Waals surface area contributed by atoms with E-state index in [4.69, 9.17) is 0 Å². The fourth-order valence-electron chi connectivity index (χ4n) is 1.34. The molecule has 98 valence electrons. The van der Waals surface area contributed by atoms with Gasteiger partial charge in [-0.1, -0.05) is 0 Å². The highest BCUT2D eigenvalue weighted by Gasteiger charge is 2.44. The molecule has 0 unspecified atom stereocenters. The van der Waals surface area contributed by atoms with Gasteiger partial charge in [0.1, 0.15) is 6.54 Å². The first kappa shape index (κ1) is 13.6. The number of imide groups is 3. The lowest BCUT2D eigenvalue weighted by molar-refractivity contribution is -0.143. The maximum absolute atomic E-state index is 11.6. The zero-order valence-electron chi connectivity index (χ0n) is 9.85. The predicted molar refractivity (Wildman–Crippen MR) is 57.1 cm³/mol. The van der Waals surface area contributed by atoms with E-state index >= 15 is 0 Å². The van der Waals surface area contributed by atoms with E-state index in [2.05, 4.69) is 5.32 Å². The fraction of sp³-hybridized carbons (Fsp3) is 0.444. The van der Waals surface area contributed by atoms with Crippen molar-refractivity contribution < 1.29 is 24.0 Å². The highest BCUT2D eigenvalue weighted by atomic mass is 16.2. The molecule has 1 heterocycles. The zero-order valence-corrected chi connectivity index (χ0v) is 9.85. The summed E-state index contributed by atoms with van der Waals surface area (Å²) in [6, 6.07) is -1.63. The van der Waals surface area contributed by atoms with Gasteiger partial charge in [0.25, 0.3) is 0 Å². The smallest absolute Gasteiger partial charge is 0.334 e. The maximum atomic E-state index is 11.6. The normalized spacial score (nSPS) is 15.1. The number of urea groups is 2. The Morgan fingerprint density at radius 2 is 1.67 bits per heavy atom. The van der Waals surface area contributed by atoms with Crippen molar-refractivity contribution in [2.45, 2.75) is 6.92 Å². The number of hydrogen-bond donors (Lipinski definition) is 2. The maximum Gasteiger partial charge on any atom is 0.334 e. The summed E-state index contributed by atoms with van der Waals surface area (Å²) in [7, 11) is 1.30. The van der Waals surface area contributed by atoms with Gasteiger partial charge in [-0.2, -0.15) is 0 Å². The first-order valence-electron chi connectivity index (χ1n) is 5.11. The molecule has 9 heteroatoms. The van der Waals surface area contributed by atoms with Crippen molar-refractivity contribution in [3.8, 4) is 0 Å². The lowest BCUT2D eigenvalue weighted by atomic mass is 10.5. The molecule has 1 rings (SSSR count). The van der Waals surface area contributed by atoms with Gasteiger partial charge in [-0.25, -0.2) is 14.5 Å². The molecule has 0 spiro atoms. The van der Waals surface area contributed by atoms with E-state index in [1.165, 1.54) is 14.0 Å². The summed E-state index contributed by atoms with van der Waals surface area (Å²) in [5, 5.41) is 4.02. The summed E-state index contributed by atoms with van der Waals surface area (Å²) in [5.41, 5.74) is 0. The molecule has 18 heavy (non-hydrogen) atoms. The molecule has 2 N–H and O–H groups in total. The van der Waals surface area contributed by atoms with Crippen molar-refractivity contribution in [3.05, 3.63) is 0 Å². The lowest BCUT2D eigenvalue weighted by Gasteiger charge is -2.13. The minimum absolute atomic E-state index is 0.0387. The number of nitrogens with zero attached hydrogens (tertiary/aromatic N) is 2. The van der Waals surface area contributed by atoms with Crippen LogP contribution in [-0.4, -0.2) is 59.7 Å². The third-order valence-electron chi connectivity index (χ3n) is 2.23. The molecule has 1 saturated heterocycles. The summed E-state index contributed by atoms with van der Waals surface area (Å²) < 4.78 is 0. The molecule has 1 aliphatic rings. The van der Waals surface area contributed by atoms with Crippen LogP contribution in [0.3, 0.4) is 0 Å². The number of carbonyl (C=O) groups excluding carboxylic acids is 5. The van der Waals surface area contributed by atoms with Crippen molar-refractivity contribution in [3.63, 3.8) is 0 Å². The first-order valence-corrected chi connectivity index (χ1v) is 5.11. The molecule has 0 saturated carbocycles. The van der Waals surface area contributed by atoms with Crippen LogP contribution < -0.4 is 10.6 Å². The number of rotatable bonds is 3. The van der Waals surface area contributed by atoms with Crippen LogP contribution in [0.15, 0.2) is 0 Å². The summed E-state index contributed by atoms with van der Waals surface area (Å²) in [4.78, 5) is 57.7. The van der Waals surface area contributed by atoms with Crippen molar-refractivity contribution in [1.82, 2.24) is 20.4 Å². The Balaban J connectivity index is 2.71. The van der Waals surface area contributed by atoms with Gasteiger partial charge in [-0.15, -0.1) is 0 Å². The van der Waals surface area contributed by atoms with Crippen LogP contribution in [0.2, 0.25) is 0 Å². The third-order valence-corrected chi connectivity index (χ3v) is 2.23. The number of amides is 7. The van der Waals surface area contributed by atoms with E-state index in [1.807, 2.05) is 5.32 Å². The topological polar surface area (TPSA) is 116 Å². The average molecular weight is 256 g/mol. The van der Waals surface area contributed by atoms with Gasteiger partial charge in [0.05, 0.1) is 0 Å². The molecule has 0 bridgehead atoms. The van der Waals surface area contributed by atoms with Crippen molar-refractivity contribution in [2.75, 3.05) is 20.1 Å². The second-order valence-corrected chi connectivity index (χ2v) is 3.35. The average Bonchev–Trinajstić information content (AvgIpc) is 2.53. The van der Waals surface area contributed by atoms with Crippen LogP contribution >= 0.6 is 0 Å². The van der Waals surface area contributed by atoms with Crippen LogP contribution in [0.1, 0.15) is 6.92 Å². The molecule has 1 aliphatic heterocycles. The van der Waals surface area contributed by atoms with Crippen molar-refractivity contribution >= 4 is 29.8 Å². The van der Waals surface area contributed by atoms with Crippen molar-refractivity contribution in [1.29, 1.82) is 0 Å². The molecular formula is C9H12N4O5. The second kappa shape index (κ2) is 5.25. The Morgan fingerprint density at radius 3 is 2.11 bits per heavy atom. The first-order chi connectivity index (χ1) is 8.42. The van der Waals surface area contributed by atoms with Gasteiger partial charge >= 0.3 is 23.9 Å². The molecule has 1 fully saturated rings. The van der Waals surface area contributed by atoms with Gasteiger partial charge in [0, 0.05) is 13.6 Å². The number of likely N-dealkylation sites (N-methyl/N-ethyl adjacent to an activating group) is 1. The predicted octanol–water partition coefficient (Wildman–Crippen LogP) is -1.75.